The van der Waals surface area contributed by atoms with Gasteiger partial charge in [0.1, 0.15) is 5.75 Å². The van der Waals surface area contributed by atoms with Crippen LogP contribution in [0.4, 0.5) is 0 Å². The van der Waals surface area contributed by atoms with Crippen molar-refractivity contribution in [2.24, 2.45) is 5.73 Å². The molecular weight excluding hydrogens is 337 g/mol. The number of hydrogen-bond donors (Lipinski definition) is 1. The average Bonchev–Trinajstić information content (AvgIpc) is 2.40. The highest BCUT2D eigenvalue weighted by molar-refractivity contribution is 14.1. The normalized spacial score (nSPS) is 12.2. The molecule has 0 spiro atoms. The van der Waals surface area contributed by atoms with E-state index in [9.17, 15) is 0 Å². The third-order valence-corrected chi connectivity index (χ3v) is 3.50. The fourth-order valence-electron chi connectivity index (χ4n) is 1.80. The van der Waals surface area contributed by atoms with Crippen LogP contribution >= 0.6 is 22.6 Å². The van der Waals surface area contributed by atoms with Crippen LogP contribution < -0.4 is 10.5 Å². The molecule has 0 radical (unpaired) electrons. The number of hydrogen-bond acceptors (Lipinski definition) is 2. The molecule has 3 heteroatoms. The maximum Gasteiger partial charge on any atom is 0.119 e. The Labute approximate surface area is 121 Å². The van der Waals surface area contributed by atoms with Crippen molar-refractivity contribution in [2.75, 3.05) is 6.61 Å². The zero-order valence-corrected chi connectivity index (χ0v) is 12.4. The van der Waals surface area contributed by atoms with Gasteiger partial charge < -0.3 is 10.5 Å². The highest BCUT2D eigenvalue weighted by atomic mass is 127. The van der Waals surface area contributed by atoms with Crippen LogP contribution in [0.1, 0.15) is 24.1 Å². The van der Waals surface area contributed by atoms with Crippen LogP contribution in [0.5, 0.6) is 5.75 Å². The Bertz CT molecular complexity index is 493. The molecule has 0 aliphatic rings. The van der Waals surface area contributed by atoms with Crippen LogP contribution in [0.2, 0.25) is 0 Å². The van der Waals surface area contributed by atoms with Crippen molar-refractivity contribution >= 4 is 22.6 Å². The first-order valence-corrected chi connectivity index (χ1v) is 7.02. The van der Waals surface area contributed by atoms with E-state index < -0.39 is 0 Å². The van der Waals surface area contributed by atoms with E-state index in [4.69, 9.17) is 10.5 Å². The number of ether oxygens (including phenoxy) is 1. The van der Waals surface area contributed by atoms with Crippen LogP contribution in [0.15, 0.2) is 48.5 Å². The van der Waals surface area contributed by atoms with Crippen molar-refractivity contribution in [1.29, 1.82) is 0 Å². The lowest BCUT2D eigenvalue weighted by atomic mass is 10.00. The third kappa shape index (κ3) is 3.23. The van der Waals surface area contributed by atoms with Crippen molar-refractivity contribution in [3.63, 3.8) is 0 Å². The van der Waals surface area contributed by atoms with E-state index in [0.29, 0.717) is 6.61 Å². The first-order valence-electron chi connectivity index (χ1n) is 5.94. The van der Waals surface area contributed by atoms with Gasteiger partial charge in [0.25, 0.3) is 0 Å². The van der Waals surface area contributed by atoms with Crippen molar-refractivity contribution in [1.82, 2.24) is 0 Å². The Morgan fingerprint density at radius 1 is 1.00 bits per heavy atom. The summed E-state index contributed by atoms with van der Waals surface area (Å²) in [6.07, 6.45) is 0. The topological polar surface area (TPSA) is 35.2 Å². The fraction of sp³-hybridized carbons (Fsp3) is 0.200. The Hall–Kier alpha value is -1.07. The van der Waals surface area contributed by atoms with Crippen molar-refractivity contribution in [3.05, 3.63) is 63.2 Å². The SMILES string of the molecule is CCOc1ccc(C(N)c2ccc(I)cc2)cc1. The van der Waals surface area contributed by atoms with Gasteiger partial charge in [-0.2, -0.15) is 0 Å². The maximum atomic E-state index is 6.25. The van der Waals surface area contributed by atoms with Gasteiger partial charge in [-0.15, -0.1) is 0 Å². The van der Waals surface area contributed by atoms with E-state index in [-0.39, 0.29) is 6.04 Å². The summed E-state index contributed by atoms with van der Waals surface area (Å²) < 4.78 is 6.64. The number of nitrogens with two attached hydrogens (primary N) is 1. The third-order valence-electron chi connectivity index (χ3n) is 2.78. The summed E-state index contributed by atoms with van der Waals surface area (Å²) in [6, 6.07) is 16.2. The van der Waals surface area contributed by atoms with Gasteiger partial charge in [-0.1, -0.05) is 24.3 Å². The molecule has 94 valence electrons. The summed E-state index contributed by atoms with van der Waals surface area (Å²) in [7, 11) is 0. The second kappa shape index (κ2) is 6.20. The Morgan fingerprint density at radius 3 is 2.00 bits per heavy atom. The lowest BCUT2D eigenvalue weighted by Crippen LogP contribution is -2.11. The number of rotatable bonds is 4. The van der Waals surface area contributed by atoms with Crippen molar-refractivity contribution < 1.29 is 4.74 Å². The highest BCUT2D eigenvalue weighted by Gasteiger charge is 2.08. The predicted octanol–water partition coefficient (Wildman–Crippen LogP) is 3.74. The van der Waals surface area contributed by atoms with Gasteiger partial charge >= 0.3 is 0 Å². The molecule has 0 heterocycles. The molecule has 2 nitrogen and oxygen atoms in total. The van der Waals surface area contributed by atoms with Crippen LogP contribution in [0, 0.1) is 3.57 Å². The molecule has 2 rings (SSSR count). The minimum absolute atomic E-state index is 0.0855. The van der Waals surface area contributed by atoms with Gasteiger partial charge in [0.15, 0.2) is 0 Å². The Balaban J connectivity index is 2.17. The fourth-order valence-corrected chi connectivity index (χ4v) is 2.16. The van der Waals surface area contributed by atoms with Gasteiger partial charge in [0.2, 0.25) is 0 Å². The molecule has 18 heavy (non-hydrogen) atoms. The van der Waals surface area contributed by atoms with Crippen LogP contribution in [0.25, 0.3) is 0 Å². The van der Waals surface area contributed by atoms with E-state index in [1.54, 1.807) is 0 Å². The molecule has 0 aromatic heterocycles. The Kier molecular flexibility index (Phi) is 4.60. The molecule has 2 aromatic carbocycles. The van der Waals surface area contributed by atoms with E-state index in [0.717, 1.165) is 16.9 Å². The lowest BCUT2D eigenvalue weighted by molar-refractivity contribution is 0.340. The van der Waals surface area contributed by atoms with E-state index >= 15 is 0 Å². The monoisotopic (exact) mass is 353 g/mol. The van der Waals surface area contributed by atoms with E-state index in [1.807, 2.05) is 31.2 Å². The quantitative estimate of drug-likeness (QED) is 0.850. The summed E-state index contributed by atoms with van der Waals surface area (Å²) in [5.41, 5.74) is 8.47. The van der Waals surface area contributed by atoms with Crippen LogP contribution in [-0.2, 0) is 0 Å². The average molecular weight is 353 g/mol. The molecule has 1 atom stereocenters. The zero-order valence-electron chi connectivity index (χ0n) is 10.3. The molecular formula is C15H16INO. The van der Waals surface area contributed by atoms with E-state index in [2.05, 4.69) is 46.9 Å². The molecule has 0 fully saturated rings. The van der Waals surface area contributed by atoms with E-state index in [1.165, 1.54) is 3.57 Å². The van der Waals surface area contributed by atoms with Gasteiger partial charge in [-0.05, 0) is 64.9 Å². The molecule has 0 bridgehead atoms. The van der Waals surface area contributed by atoms with Gasteiger partial charge in [0.05, 0.1) is 12.6 Å². The second-order valence-corrected chi connectivity index (χ2v) is 5.28. The first-order chi connectivity index (χ1) is 8.70. The summed E-state index contributed by atoms with van der Waals surface area (Å²) in [4.78, 5) is 0. The smallest absolute Gasteiger partial charge is 0.119 e. The molecule has 0 aliphatic carbocycles. The van der Waals surface area contributed by atoms with Gasteiger partial charge in [-0.3, -0.25) is 0 Å². The van der Waals surface area contributed by atoms with Crippen LogP contribution in [0.3, 0.4) is 0 Å². The zero-order chi connectivity index (χ0) is 13.0. The van der Waals surface area contributed by atoms with Gasteiger partial charge in [-0.25, -0.2) is 0 Å². The lowest BCUT2D eigenvalue weighted by Gasteiger charge is -2.13. The second-order valence-electron chi connectivity index (χ2n) is 4.03. The summed E-state index contributed by atoms with van der Waals surface area (Å²) in [6.45, 7) is 2.66. The molecule has 0 amide bonds. The van der Waals surface area contributed by atoms with Crippen LogP contribution in [-0.4, -0.2) is 6.61 Å². The Morgan fingerprint density at radius 2 is 1.50 bits per heavy atom. The molecule has 0 saturated carbocycles. The number of halogens is 1. The first kappa shape index (κ1) is 13.4. The summed E-state index contributed by atoms with van der Waals surface area (Å²) >= 11 is 2.29. The minimum atomic E-state index is -0.0855. The largest absolute Gasteiger partial charge is 0.494 e. The molecule has 1 unspecified atom stereocenters. The number of benzene rings is 2. The predicted molar refractivity (Wildman–Crippen MR) is 82.8 cm³/mol. The minimum Gasteiger partial charge on any atom is -0.494 e. The molecule has 2 aromatic rings. The highest BCUT2D eigenvalue weighted by Crippen LogP contribution is 2.22. The molecule has 0 aliphatic heterocycles. The molecule has 2 N–H and O–H groups in total. The molecule has 0 saturated heterocycles. The summed E-state index contributed by atoms with van der Waals surface area (Å²) in [5.74, 6) is 0.885. The van der Waals surface area contributed by atoms with Crippen molar-refractivity contribution in [3.8, 4) is 5.75 Å². The standard InChI is InChI=1S/C15H16INO/c1-2-18-14-9-5-12(6-10-14)15(17)11-3-7-13(16)8-4-11/h3-10,15H,2,17H2,1H3. The maximum absolute atomic E-state index is 6.25. The van der Waals surface area contributed by atoms with Crippen molar-refractivity contribution in [2.45, 2.75) is 13.0 Å². The van der Waals surface area contributed by atoms with Gasteiger partial charge in [0, 0.05) is 3.57 Å². The summed E-state index contributed by atoms with van der Waals surface area (Å²) in [5, 5.41) is 0.